The van der Waals surface area contributed by atoms with Crippen LogP contribution in [0.4, 0.5) is 4.79 Å². The Labute approximate surface area is 181 Å². The van der Waals surface area contributed by atoms with Crippen LogP contribution in [0.5, 0.6) is 11.5 Å². The van der Waals surface area contributed by atoms with Gasteiger partial charge in [-0.2, -0.15) is 5.26 Å². The molecule has 0 radical (unpaired) electrons. The summed E-state index contributed by atoms with van der Waals surface area (Å²) < 4.78 is 11.4. The molecule has 2 aromatic rings. The van der Waals surface area contributed by atoms with E-state index in [4.69, 9.17) is 21.1 Å². The van der Waals surface area contributed by atoms with Crippen LogP contribution >= 0.6 is 11.6 Å². The lowest BCUT2D eigenvalue weighted by atomic mass is 9.84. The fourth-order valence-electron chi connectivity index (χ4n) is 3.25. The summed E-state index contributed by atoms with van der Waals surface area (Å²) in [6, 6.07) is 14.1. The molecule has 30 heavy (non-hydrogen) atoms. The average molecular weight is 426 g/mol. The van der Waals surface area contributed by atoms with E-state index in [-0.39, 0.29) is 11.4 Å². The first-order valence-electron chi connectivity index (χ1n) is 9.50. The van der Waals surface area contributed by atoms with Crippen LogP contribution in [0.2, 0.25) is 5.02 Å². The van der Waals surface area contributed by atoms with E-state index in [1.807, 2.05) is 51.1 Å². The molecule has 3 rings (SSSR count). The summed E-state index contributed by atoms with van der Waals surface area (Å²) in [6.07, 6.45) is 0. The number of rotatable bonds is 5. The number of ether oxygens (including phenoxy) is 2. The lowest BCUT2D eigenvalue weighted by Gasteiger charge is -2.33. The quantitative estimate of drug-likeness (QED) is 0.697. The highest BCUT2D eigenvalue weighted by Gasteiger charge is 2.34. The van der Waals surface area contributed by atoms with E-state index < -0.39 is 6.04 Å². The molecule has 0 saturated carbocycles. The van der Waals surface area contributed by atoms with Crippen LogP contribution in [0.1, 0.15) is 37.9 Å². The summed E-state index contributed by atoms with van der Waals surface area (Å²) >= 11 is 5.92. The molecule has 1 aliphatic rings. The second-order valence-corrected chi connectivity index (χ2v) is 8.44. The molecule has 0 unspecified atom stereocenters. The van der Waals surface area contributed by atoms with Crippen LogP contribution in [0.15, 0.2) is 53.7 Å². The number of hydrogen-bond acceptors (Lipinski definition) is 4. The van der Waals surface area contributed by atoms with Crippen molar-refractivity contribution in [3.05, 3.63) is 69.9 Å². The Morgan fingerprint density at radius 1 is 1.13 bits per heavy atom. The highest BCUT2D eigenvalue weighted by Crippen LogP contribution is 2.37. The fourth-order valence-corrected chi connectivity index (χ4v) is 3.38. The molecule has 2 N–H and O–H groups in total. The molecule has 6 nitrogen and oxygen atoms in total. The maximum atomic E-state index is 12.2. The zero-order chi connectivity index (χ0) is 21.9. The Bertz CT molecular complexity index is 1020. The molecular formula is C23H24ClN3O3. The Morgan fingerprint density at radius 2 is 1.83 bits per heavy atom. The van der Waals surface area contributed by atoms with Gasteiger partial charge in [-0.3, -0.25) is 0 Å². The number of methoxy groups -OCH3 is 1. The summed E-state index contributed by atoms with van der Waals surface area (Å²) in [6.45, 7) is 6.22. The Kier molecular flexibility index (Phi) is 6.23. The third-order valence-corrected chi connectivity index (χ3v) is 5.02. The SMILES string of the molecule is COc1cc([C@@H]2NC(=O)NC(C(C)(C)C)=C2C#N)ccc1OCc1ccc(Cl)cc1. The zero-order valence-electron chi connectivity index (χ0n) is 17.4. The number of benzene rings is 2. The molecular weight excluding hydrogens is 402 g/mol. The molecule has 156 valence electrons. The van der Waals surface area contributed by atoms with Gasteiger partial charge in [-0.1, -0.05) is 50.6 Å². The number of urea groups is 1. The third-order valence-electron chi connectivity index (χ3n) is 4.77. The van der Waals surface area contributed by atoms with Crippen LogP contribution in [0.3, 0.4) is 0 Å². The Balaban J connectivity index is 1.90. The molecule has 0 aliphatic carbocycles. The van der Waals surface area contributed by atoms with Crippen LogP contribution in [-0.2, 0) is 6.61 Å². The van der Waals surface area contributed by atoms with E-state index in [0.717, 1.165) is 11.1 Å². The van der Waals surface area contributed by atoms with Crippen LogP contribution < -0.4 is 20.1 Å². The van der Waals surface area contributed by atoms with E-state index in [1.165, 1.54) is 0 Å². The first-order chi connectivity index (χ1) is 14.2. The van der Waals surface area contributed by atoms with Gasteiger partial charge in [0.25, 0.3) is 0 Å². The molecule has 1 aliphatic heterocycles. The van der Waals surface area contributed by atoms with Gasteiger partial charge >= 0.3 is 6.03 Å². The van der Waals surface area contributed by atoms with Gasteiger partial charge in [0.1, 0.15) is 6.61 Å². The van der Waals surface area contributed by atoms with Crippen molar-refractivity contribution in [2.45, 2.75) is 33.4 Å². The van der Waals surface area contributed by atoms with Gasteiger partial charge in [-0.05, 0) is 35.4 Å². The van der Waals surface area contributed by atoms with Crippen LogP contribution in [-0.4, -0.2) is 13.1 Å². The standard InChI is InChI=1S/C23H24ClN3O3/c1-23(2,3)21-17(12-25)20(26-22(28)27-21)15-7-10-18(19(11-15)29-4)30-13-14-5-8-16(24)9-6-14/h5-11,20H,13H2,1-4H3,(H2,26,27,28)/t20-/m0/s1. The molecule has 1 heterocycles. The summed E-state index contributed by atoms with van der Waals surface area (Å²) in [5.41, 5.74) is 2.41. The van der Waals surface area contributed by atoms with Crippen molar-refractivity contribution in [2.75, 3.05) is 7.11 Å². The van der Waals surface area contributed by atoms with E-state index in [0.29, 0.717) is 34.4 Å². The minimum absolute atomic E-state index is 0.342. The van der Waals surface area contributed by atoms with E-state index >= 15 is 0 Å². The number of nitrogens with one attached hydrogen (secondary N) is 2. The minimum atomic E-state index is -0.572. The van der Waals surface area contributed by atoms with Gasteiger partial charge in [0.05, 0.1) is 24.8 Å². The van der Waals surface area contributed by atoms with Gasteiger partial charge in [0.2, 0.25) is 0 Å². The maximum absolute atomic E-state index is 12.2. The molecule has 1 atom stereocenters. The summed E-state index contributed by atoms with van der Waals surface area (Å²) in [5.74, 6) is 1.08. The van der Waals surface area contributed by atoms with Crippen molar-refractivity contribution in [3.8, 4) is 17.6 Å². The molecule has 0 aromatic heterocycles. The zero-order valence-corrected chi connectivity index (χ0v) is 18.1. The lowest BCUT2D eigenvalue weighted by molar-refractivity contribution is 0.235. The molecule has 7 heteroatoms. The van der Waals surface area contributed by atoms with Crippen LogP contribution in [0, 0.1) is 16.7 Å². The normalized spacial score (nSPS) is 16.4. The second kappa shape index (κ2) is 8.68. The van der Waals surface area contributed by atoms with Gasteiger partial charge in [0.15, 0.2) is 11.5 Å². The van der Waals surface area contributed by atoms with Gasteiger partial charge in [-0.15, -0.1) is 0 Å². The van der Waals surface area contributed by atoms with Crippen molar-refractivity contribution in [3.63, 3.8) is 0 Å². The smallest absolute Gasteiger partial charge is 0.319 e. The molecule has 2 aromatic carbocycles. The first kappa shape index (κ1) is 21.5. The topological polar surface area (TPSA) is 83.4 Å². The van der Waals surface area contributed by atoms with Gasteiger partial charge < -0.3 is 20.1 Å². The second-order valence-electron chi connectivity index (χ2n) is 8.01. The number of nitrogens with zero attached hydrogens (tertiary/aromatic N) is 1. The summed E-state index contributed by atoms with van der Waals surface area (Å²) in [4.78, 5) is 12.2. The molecule has 0 saturated heterocycles. The summed E-state index contributed by atoms with van der Waals surface area (Å²) in [7, 11) is 1.55. The summed E-state index contributed by atoms with van der Waals surface area (Å²) in [5, 5.41) is 16.1. The van der Waals surface area contributed by atoms with Crippen molar-refractivity contribution in [1.29, 1.82) is 5.26 Å². The Hall–Kier alpha value is -3.17. The number of hydrogen-bond donors (Lipinski definition) is 2. The van der Waals surface area contributed by atoms with Gasteiger partial charge in [0, 0.05) is 16.1 Å². The van der Waals surface area contributed by atoms with E-state index in [2.05, 4.69) is 16.7 Å². The number of halogens is 1. The van der Waals surface area contributed by atoms with Gasteiger partial charge in [-0.25, -0.2) is 4.79 Å². The number of nitriles is 1. The van der Waals surface area contributed by atoms with E-state index in [9.17, 15) is 10.1 Å². The van der Waals surface area contributed by atoms with Crippen molar-refractivity contribution in [1.82, 2.24) is 10.6 Å². The first-order valence-corrected chi connectivity index (χ1v) is 9.88. The number of carbonyl (C=O) groups is 1. The molecule has 0 bridgehead atoms. The molecule has 0 spiro atoms. The minimum Gasteiger partial charge on any atom is -0.493 e. The predicted molar refractivity (Wildman–Crippen MR) is 115 cm³/mol. The molecule has 0 fully saturated rings. The monoisotopic (exact) mass is 425 g/mol. The molecule has 2 amide bonds. The number of amides is 2. The highest BCUT2D eigenvalue weighted by atomic mass is 35.5. The fraction of sp³-hybridized carbons (Fsp3) is 0.304. The lowest BCUT2D eigenvalue weighted by Crippen LogP contribution is -2.46. The van der Waals surface area contributed by atoms with Crippen LogP contribution in [0.25, 0.3) is 0 Å². The van der Waals surface area contributed by atoms with Crippen molar-refractivity contribution >= 4 is 17.6 Å². The maximum Gasteiger partial charge on any atom is 0.319 e. The largest absolute Gasteiger partial charge is 0.493 e. The van der Waals surface area contributed by atoms with Crippen molar-refractivity contribution < 1.29 is 14.3 Å². The predicted octanol–water partition coefficient (Wildman–Crippen LogP) is 5.11. The highest BCUT2D eigenvalue weighted by molar-refractivity contribution is 6.30. The van der Waals surface area contributed by atoms with Crippen molar-refractivity contribution in [2.24, 2.45) is 5.41 Å². The third kappa shape index (κ3) is 4.69. The average Bonchev–Trinajstić information content (AvgIpc) is 2.72. The Morgan fingerprint density at radius 3 is 2.43 bits per heavy atom. The number of carbonyl (C=O) groups excluding carboxylic acids is 1. The van der Waals surface area contributed by atoms with E-state index in [1.54, 1.807) is 19.2 Å². The number of allylic oxidation sites excluding steroid dienone is 1.